The van der Waals surface area contributed by atoms with E-state index < -0.39 is 5.51 Å². The van der Waals surface area contributed by atoms with Gasteiger partial charge in [0, 0.05) is 21.4 Å². The Morgan fingerprint density at radius 3 is 2.57 bits per heavy atom. The maximum Gasteiger partial charge on any atom is 0.446 e. The number of fused-ring (bicyclic) bond motifs is 1. The van der Waals surface area contributed by atoms with Crippen LogP contribution in [0.25, 0.3) is 10.6 Å². The second-order valence-electron chi connectivity index (χ2n) is 4.90. The van der Waals surface area contributed by atoms with E-state index in [1.165, 1.54) is 17.0 Å². The number of thiazole rings is 1. The molecule has 2 N–H and O–H groups in total. The predicted molar refractivity (Wildman–Crippen MR) is 79.3 cm³/mol. The molecule has 112 valence electrons. The standard InChI is InChI=1S/C14H13F3N2S2/c15-14(16,17)21-9-6-4-8(5-7-9)13-19-12-10(18)2-1-3-11(12)20-13/h4-7,10H,1-3,18H2. The molecule has 2 aromatic rings. The smallest absolute Gasteiger partial charge is 0.323 e. The van der Waals surface area contributed by atoms with Crippen LogP contribution in [0.2, 0.25) is 0 Å². The van der Waals surface area contributed by atoms with E-state index in [1.54, 1.807) is 23.5 Å². The number of nitrogens with two attached hydrogens (primary N) is 1. The summed E-state index contributed by atoms with van der Waals surface area (Å²) in [5.74, 6) is 0. The third-order valence-electron chi connectivity index (χ3n) is 3.33. The number of hydrogen-bond acceptors (Lipinski definition) is 4. The van der Waals surface area contributed by atoms with Gasteiger partial charge in [-0.3, -0.25) is 0 Å². The monoisotopic (exact) mass is 330 g/mol. The Morgan fingerprint density at radius 2 is 1.95 bits per heavy atom. The lowest BCUT2D eigenvalue weighted by Crippen LogP contribution is -2.16. The van der Waals surface area contributed by atoms with E-state index in [-0.39, 0.29) is 22.7 Å². The third kappa shape index (κ3) is 3.41. The van der Waals surface area contributed by atoms with Crippen LogP contribution in [0, 0.1) is 0 Å². The van der Waals surface area contributed by atoms with Crippen LogP contribution in [0.4, 0.5) is 13.2 Å². The molecule has 7 heteroatoms. The average Bonchev–Trinajstić information content (AvgIpc) is 2.83. The molecule has 1 aromatic heterocycles. The van der Waals surface area contributed by atoms with Crippen LogP contribution in [0.1, 0.15) is 29.5 Å². The molecule has 1 aliphatic rings. The number of nitrogens with zero attached hydrogens (tertiary/aromatic N) is 1. The molecule has 0 fully saturated rings. The summed E-state index contributed by atoms with van der Waals surface area (Å²) >= 11 is 1.49. The van der Waals surface area contributed by atoms with E-state index in [0.29, 0.717) is 0 Å². The molecule has 0 spiro atoms. The zero-order chi connectivity index (χ0) is 15.0. The minimum Gasteiger partial charge on any atom is -0.323 e. The maximum atomic E-state index is 12.3. The number of thioether (sulfide) groups is 1. The van der Waals surface area contributed by atoms with Crippen molar-refractivity contribution in [3.05, 3.63) is 34.8 Å². The van der Waals surface area contributed by atoms with Crippen molar-refractivity contribution in [2.24, 2.45) is 5.73 Å². The van der Waals surface area contributed by atoms with Gasteiger partial charge in [0.2, 0.25) is 0 Å². The minimum atomic E-state index is -4.26. The third-order valence-corrected chi connectivity index (χ3v) is 5.25. The molecule has 2 nitrogen and oxygen atoms in total. The number of hydrogen-bond donors (Lipinski definition) is 1. The van der Waals surface area contributed by atoms with E-state index in [9.17, 15) is 13.2 Å². The minimum absolute atomic E-state index is 0.0150. The first-order chi connectivity index (χ1) is 9.92. The van der Waals surface area contributed by atoms with Gasteiger partial charge in [-0.2, -0.15) is 13.2 Å². The topological polar surface area (TPSA) is 38.9 Å². The number of benzene rings is 1. The zero-order valence-electron chi connectivity index (χ0n) is 11.0. The summed E-state index contributed by atoms with van der Waals surface area (Å²) in [6, 6.07) is 6.31. The van der Waals surface area contributed by atoms with Crippen molar-refractivity contribution in [1.29, 1.82) is 0 Å². The lowest BCUT2D eigenvalue weighted by Gasteiger charge is -2.15. The highest BCUT2D eigenvalue weighted by molar-refractivity contribution is 8.00. The molecule has 1 aromatic carbocycles. The number of aryl methyl sites for hydroxylation is 1. The molecule has 0 saturated carbocycles. The van der Waals surface area contributed by atoms with E-state index in [2.05, 4.69) is 4.98 Å². The van der Waals surface area contributed by atoms with Gasteiger partial charge in [-0.25, -0.2) is 4.98 Å². The molecule has 21 heavy (non-hydrogen) atoms. The van der Waals surface area contributed by atoms with Crippen LogP contribution in [0.3, 0.4) is 0 Å². The van der Waals surface area contributed by atoms with Gasteiger partial charge in [0.15, 0.2) is 0 Å². The highest BCUT2D eigenvalue weighted by Gasteiger charge is 2.29. The Morgan fingerprint density at radius 1 is 1.24 bits per heavy atom. The van der Waals surface area contributed by atoms with Crippen molar-refractivity contribution >= 4 is 23.1 Å². The van der Waals surface area contributed by atoms with Gasteiger partial charge in [-0.15, -0.1) is 11.3 Å². The van der Waals surface area contributed by atoms with Crippen LogP contribution in [-0.2, 0) is 6.42 Å². The van der Waals surface area contributed by atoms with Gasteiger partial charge in [-0.05, 0) is 43.2 Å². The Bertz CT molecular complexity index is 635. The largest absolute Gasteiger partial charge is 0.446 e. The number of alkyl halides is 3. The molecule has 0 radical (unpaired) electrons. The van der Waals surface area contributed by atoms with Crippen LogP contribution in [0.15, 0.2) is 29.2 Å². The van der Waals surface area contributed by atoms with Gasteiger partial charge in [0.25, 0.3) is 0 Å². The predicted octanol–water partition coefficient (Wildman–Crippen LogP) is 4.76. The zero-order valence-corrected chi connectivity index (χ0v) is 12.6. The van der Waals surface area contributed by atoms with Gasteiger partial charge in [0.1, 0.15) is 5.01 Å². The highest BCUT2D eigenvalue weighted by atomic mass is 32.2. The highest BCUT2D eigenvalue weighted by Crippen LogP contribution is 2.39. The van der Waals surface area contributed by atoms with Crippen molar-refractivity contribution < 1.29 is 13.2 Å². The van der Waals surface area contributed by atoms with Crippen LogP contribution < -0.4 is 5.73 Å². The summed E-state index contributed by atoms with van der Waals surface area (Å²) in [6.07, 6.45) is 3.00. The number of aromatic nitrogens is 1. The van der Waals surface area contributed by atoms with Crippen molar-refractivity contribution in [2.45, 2.75) is 35.7 Å². The quantitative estimate of drug-likeness (QED) is 0.807. The van der Waals surface area contributed by atoms with E-state index in [1.807, 2.05) is 0 Å². The van der Waals surface area contributed by atoms with Crippen molar-refractivity contribution in [3.8, 4) is 10.6 Å². The Balaban J connectivity index is 1.84. The second-order valence-corrected chi connectivity index (χ2v) is 7.12. The lowest BCUT2D eigenvalue weighted by molar-refractivity contribution is -0.0328. The first-order valence-corrected chi connectivity index (χ1v) is 8.17. The van der Waals surface area contributed by atoms with Crippen LogP contribution in [0.5, 0.6) is 0 Å². The van der Waals surface area contributed by atoms with Gasteiger partial charge >= 0.3 is 5.51 Å². The summed E-state index contributed by atoms with van der Waals surface area (Å²) in [4.78, 5) is 5.96. The summed E-state index contributed by atoms with van der Waals surface area (Å²) < 4.78 is 36.9. The Labute approximate surface area is 128 Å². The van der Waals surface area contributed by atoms with Crippen molar-refractivity contribution in [1.82, 2.24) is 4.98 Å². The molecule has 0 amide bonds. The molecule has 0 aliphatic heterocycles. The SMILES string of the molecule is NC1CCCc2sc(-c3ccc(SC(F)(F)F)cc3)nc21. The Kier molecular flexibility index (Phi) is 3.98. The van der Waals surface area contributed by atoms with Crippen molar-refractivity contribution in [3.63, 3.8) is 0 Å². The first kappa shape index (κ1) is 14.9. The molecule has 0 saturated heterocycles. The molecule has 1 unspecified atom stereocenters. The van der Waals surface area contributed by atoms with E-state index in [0.717, 1.165) is 35.5 Å². The van der Waals surface area contributed by atoms with Gasteiger partial charge < -0.3 is 5.73 Å². The molecule has 1 heterocycles. The summed E-state index contributed by atoms with van der Waals surface area (Å²) in [7, 11) is 0. The molecular formula is C14H13F3N2S2. The molecule has 1 atom stereocenters. The average molecular weight is 330 g/mol. The summed E-state index contributed by atoms with van der Waals surface area (Å²) in [5.41, 5.74) is 3.59. The van der Waals surface area contributed by atoms with Crippen LogP contribution in [-0.4, -0.2) is 10.5 Å². The number of halogens is 3. The number of rotatable bonds is 2. The van der Waals surface area contributed by atoms with Crippen LogP contribution >= 0.6 is 23.1 Å². The fourth-order valence-corrected chi connectivity index (χ4v) is 4.09. The fraction of sp³-hybridized carbons (Fsp3) is 0.357. The molecule has 3 rings (SSSR count). The fourth-order valence-electron chi connectivity index (χ4n) is 2.37. The molecular weight excluding hydrogens is 317 g/mol. The second kappa shape index (κ2) is 5.62. The first-order valence-electron chi connectivity index (χ1n) is 6.54. The maximum absolute atomic E-state index is 12.3. The van der Waals surface area contributed by atoms with E-state index >= 15 is 0 Å². The summed E-state index contributed by atoms with van der Waals surface area (Å²) in [6.45, 7) is 0. The Hall–Kier alpha value is -1.05. The van der Waals surface area contributed by atoms with Gasteiger partial charge in [0.05, 0.1) is 5.69 Å². The normalized spacial score (nSPS) is 18.6. The lowest BCUT2D eigenvalue weighted by atomic mass is 9.99. The van der Waals surface area contributed by atoms with Crippen molar-refractivity contribution in [2.75, 3.05) is 0 Å². The van der Waals surface area contributed by atoms with Gasteiger partial charge in [-0.1, -0.05) is 12.1 Å². The molecule has 0 bridgehead atoms. The summed E-state index contributed by atoms with van der Waals surface area (Å²) in [5, 5.41) is 0.834. The molecule has 1 aliphatic carbocycles. The van der Waals surface area contributed by atoms with E-state index in [4.69, 9.17) is 5.73 Å².